The second-order valence-corrected chi connectivity index (χ2v) is 9.56. The molecule has 0 atom stereocenters. The summed E-state index contributed by atoms with van der Waals surface area (Å²) in [5, 5.41) is 0. The second kappa shape index (κ2) is 6.07. The number of imidazole rings is 1. The number of pyridine rings is 1. The SMILES string of the molecule is Cc1ncc(-c2cn(C34CC(N5CCOCC5)(C3)C4)c(C3CC3)n2)cc1C(F)(F)F. The van der Waals surface area contributed by atoms with Gasteiger partial charge in [-0.2, -0.15) is 13.2 Å². The molecule has 0 N–H and O–H groups in total. The molecule has 0 unspecified atom stereocenters. The molecule has 5 nitrogen and oxygen atoms in total. The van der Waals surface area contributed by atoms with Crippen LogP contribution in [0.15, 0.2) is 18.5 Å². The van der Waals surface area contributed by atoms with Crippen LogP contribution in [0.3, 0.4) is 0 Å². The van der Waals surface area contributed by atoms with Gasteiger partial charge in [-0.15, -0.1) is 0 Å². The lowest BCUT2D eigenvalue weighted by molar-refractivity contribution is -0.221. The van der Waals surface area contributed by atoms with Crippen molar-refractivity contribution in [3.8, 4) is 11.3 Å². The molecule has 0 spiro atoms. The molecule has 1 aliphatic heterocycles. The number of rotatable bonds is 4. The van der Waals surface area contributed by atoms with Gasteiger partial charge in [0, 0.05) is 48.2 Å². The van der Waals surface area contributed by atoms with Crippen molar-refractivity contribution in [2.45, 2.75) is 62.2 Å². The van der Waals surface area contributed by atoms with E-state index < -0.39 is 11.7 Å². The zero-order valence-electron chi connectivity index (χ0n) is 17.0. The number of aryl methyl sites for hydroxylation is 1. The topological polar surface area (TPSA) is 43.2 Å². The average molecular weight is 418 g/mol. The Hall–Kier alpha value is -1.93. The summed E-state index contributed by atoms with van der Waals surface area (Å²) in [5.41, 5.74) is 0.762. The molecular weight excluding hydrogens is 393 g/mol. The highest BCUT2D eigenvalue weighted by atomic mass is 19.4. The smallest absolute Gasteiger partial charge is 0.379 e. The molecule has 0 amide bonds. The Kier molecular flexibility index (Phi) is 3.80. The number of nitrogens with zero attached hydrogens (tertiary/aromatic N) is 4. The third-order valence-electron chi connectivity index (χ3n) is 7.53. The van der Waals surface area contributed by atoms with E-state index in [2.05, 4.69) is 14.5 Å². The molecule has 7 rings (SSSR count). The van der Waals surface area contributed by atoms with Crippen LogP contribution in [0.25, 0.3) is 11.3 Å². The summed E-state index contributed by atoms with van der Waals surface area (Å²) in [6, 6.07) is 1.20. The Morgan fingerprint density at radius 2 is 1.80 bits per heavy atom. The van der Waals surface area contributed by atoms with Crippen molar-refractivity contribution in [1.82, 2.24) is 19.4 Å². The third kappa shape index (κ3) is 2.69. The Morgan fingerprint density at radius 1 is 1.10 bits per heavy atom. The molecule has 160 valence electrons. The van der Waals surface area contributed by atoms with Crippen LogP contribution in [-0.4, -0.2) is 51.3 Å². The van der Waals surface area contributed by atoms with Gasteiger partial charge in [-0.1, -0.05) is 0 Å². The molecule has 0 radical (unpaired) electrons. The van der Waals surface area contributed by atoms with Gasteiger partial charge >= 0.3 is 6.18 Å². The number of halogens is 3. The minimum absolute atomic E-state index is 0.0000247. The quantitative estimate of drug-likeness (QED) is 0.750. The molecule has 5 aliphatic rings. The highest BCUT2D eigenvalue weighted by Crippen LogP contribution is 2.69. The van der Waals surface area contributed by atoms with Crippen LogP contribution in [-0.2, 0) is 16.5 Å². The van der Waals surface area contributed by atoms with Gasteiger partial charge in [0.2, 0.25) is 0 Å². The van der Waals surface area contributed by atoms with Crippen LogP contribution in [0.5, 0.6) is 0 Å². The molecule has 3 heterocycles. The van der Waals surface area contributed by atoms with E-state index in [1.165, 1.54) is 19.2 Å². The van der Waals surface area contributed by atoms with Gasteiger partial charge in [0.25, 0.3) is 0 Å². The van der Waals surface area contributed by atoms with E-state index in [4.69, 9.17) is 9.72 Å². The average Bonchev–Trinajstić information content (AvgIpc) is 3.40. The Bertz CT molecular complexity index is 985. The summed E-state index contributed by atoms with van der Waals surface area (Å²) in [6.45, 7) is 5.00. The first-order valence-electron chi connectivity index (χ1n) is 10.8. The first-order chi connectivity index (χ1) is 14.3. The van der Waals surface area contributed by atoms with E-state index in [1.807, 2.05) is 6.20 Å². The number of hydrogen-bond acceptors (Lipinski definition) is 4. The van der Waals surface area contributed by atoms with Crippen molar-refractivity contribution in [3.05, 3.63) is 35.5 Å². The maximum Gasteiger partial charge on any atom is 0.418 e. The standard InChI is InChI=1S/C22H25F3N4O/c1-14-17(22(23,24)25)8-16(9-26-14)18-10-29(19(27-18)15-2-3-15)21-11-20(12-21,13-21)28-4-6-30-7-5-28/h8-10,15H,2-7,11-13H2,1H3. The number of aromatic nitrogens is 3. The first kappa shape index (κ1) is 18.8. The van der Waals surface area contributed by atoms with Gasteiger partial charge < -0.3 is 9.30 Å². The van der Waals surface area contributed by atoms with Crippen molar-refractivity contribution in [2.24, 2.45) is 0 Å². The van der Waals surface area contributed by atoms with Crippen molar-refractivity contribution < 1.29 is 17.9 Å². The molecule has 30 heavy (non-hydrogen) atoms. The highest BCUT2D eigenvalue weighted by molar-refractivity contribution is 5.60. The van der Waals surface area contributed by atoms with Gasteiger partial charge in [0.05, 0.1) is 30.0 Å². The molecule has 5 fully saturated rings. The van der Waals surface area contributed by atoms with Crippen molar-refractivity contribution in [1.29, 1.82) is 0 Å². The maximum absolute atomic E-state index is 13.4. The molecule has 4 aliphatic carbocycles. The fraction of sp³-hybridized carbons (Fsp3) is 0.636. The molecule has 2 aromatic rings. The molecular formula is C22H25F3N4O. The number of hydrogen-bond donors (Lipinski definition) is 0. The first-order valence-corrected chi connectivity index (χ1v) is 10.8. The summed E-state index contributed by atoms with van der Waals surface area (Å²) in [7, 11) is 0. The third-order valence-corrected chi connectivity index (χ3v) is 7.53. The lowest BCUT2D eigenvalue weighted by Gasteiger charge is -2.74. The fourth-order valence-corrected chi connectivity index (χ4v) is 5.81. The van der Waals surface area contributed by atoms with E-state index in [-0.39, 0.29) is 11.2 Å². The molecule has 1 saturated heterocycles. The largest absolute Gasteiger partial charge is 0.418 e. The highest BCUT2D eigenvalue weighted by Gasteiger charge is 2.71. The van der Waals surface area contributed by atoms with Crippen LogP contribution < -0.4 is 0 Å². The van der Waals surface area contributed by atoms with E-state index >= 15 is 0 Å². The van der Waals surface area contributed by atoms with E-state index in [0.29, 0.717) is 22.7 Å². The summed E-state index contributed by atoms with van der Waals surface area (Å²) >= 11 is 0. The zero-order valence-corrected chi connectivity index (χ0v) is 17.0. The van der Waals surface area contributed by atoms with Crippen LogP contribution in [0.2, 0.25) is 0 Å². The molecule has 8 heteroatoms. The molecule has 4 saturated carbocycles. The second-order valence-electron chi connectivity index (χ2n) is 9.56. The summed E-state index contributed by atoms with van der Waals surface area (Å²) in [4.78, 5) is 11.4. The predicted octanol–water partition coefficient (Wildman–Crippen LogP) is 4.11. The van der Waals surface area contributed by atoms with E-state index in [9.17, 15) is 13.2 Å². The predicted molar refractivity (Wildman–Crippen MR) is 104 cm³/mol. The van der Waals surface area contributed by atoms with Crippen LogP contribution in [0.1, 0.15) is 55.1 Å². The molecule has 2 aromatic heterocycles. The monoisotopic (exact) mass is 418 g/mol. The maximum atomic E-state index is 13.4. The number of morpholine rings is 1. The van der Waals surface area contributed by atoms with Gasteiger partial charge in [0.1, 0.15) is 5.82 Å². The Balaban J connectivity index is 1.31. The number of ether oxygens (including phenoxy) is 1. The minimum Gasteiger partial charge on any atom is -0.379 e. The Labute approximate surface area is 173 Å². The van der Waals surface area contributed by atoms with E-state index in [0.717, 1.165) is 64.2 Å². The lowest BCUT2D eigenvalue weighted by atomic mass is 9.43. The summed E-state index contributed by atoms with van der Waals surface area (Å²) in [5.74, 6) is 1.49. The van der Waals surface area contributed by atoms with Gasteiger partial charge in [-0.3, -0.25) is 9.88 Å². The molecule has 0 aromatic carbocycles. The summed E-state index contributed by atoms with van der Waals surface area (Å²) < 4.78 is 47.9. The normalized spacial score (nSPS) is 31.3. The van der Waals surface area contributed by atoms with E-state index in [1.54, 1.807) is 0 Å². The summed E-state index contributed by atoms with van der Waals surface area (Å²) in [6.07, 6.45) is 4.64. The zero-order chi connectivity index (χ0) is 20.7. The van der Waals surface area contributed by atoms with Crippen molar-refractivity contribution in [3.63, 3.8) is 0 Å². The van der Waals surface area contributed by atoms with Gasteiger partial charge in [-0.25, -0.2) is 4.98 Å². The van der Waals surface area contributed by atoms with Gasteiger partial charge in [0.15, 0.2) is 0 Å². The van der Waals surface area contributed by atoms with Crippen LogP contribution in [0.4, 0.5) is 13.2 Å². The van der Waals surface area contributed by atoms with Gasteiger partial charge in [-0.05, 0) is 45.1 Å². The van der Waals surface area contributed by atoms with Crippen molar-refractivity contribution >= 4 is 0 Å². The fourth-order valence-electron chi connectivity index (χ4n) is 5.81. The number of alkyl halides is 3. The van der Waals surface area contributed by atoms with Crippen LogP contribution in [0, 0.1) is 6.92 Å². The van der Waals surface area contributed by atoms with Crippen molar-refractivity contribution in [2.75, 3.05) is 26.3 Å². The lowest BCUT2D eigenvalue weighted by Crippen LogP contribution is -2.79. The molecule has 2 bridgehead atoms. The van der Waals surface area contributed by atoms with Crippen LogP contribution >= 0.6 is 0 Å². The Morgan fingerprint density at radius 3 is 2.43 bits per heavy atom. The minimum atomic E-state index is -4.41.